The molecule has 0 spiro atoms. The van der Waals surface area contributed by atoms with Gasteiger partial charge in [-0.1, -0.05) is 73.9 Å². The Morgan fingerprint density at radius 3 is 2.49 bits per heavy atom. The van der Waals surface area contributed by atoms with E-state index < -0.39 is 0 Å². The van der Waals surface area contributed by atoms with Crippen molar-refractivity contribution in [3.05, 3.63) is 89.5 Å². The molecule has 5 heteroatoms. The van der Waals surface area contributed by atoms with Crippen molar-refractivity contribution < 1.29 is 9.53 Å². The Labute approximate surface area is 220 Å². The number of likely N-dealkylation sites (tertiary alicyclic amines) is 1. The van der Waals surface area contributed by atoms with Gasteiger partial charge in [-0.3, -0.25) is 10.1 Å². The van der Waals surface area contributed by atoms with Crippen LogP contribution in [0.4, 0.5) is 0 Å². The van der Waals surface area contributed by atoms with Gasteiger partial charge in [-0.05, 0) is 60.6 Å². The van der Waals surface area contributed by atoms with Crippen LogP contribution in [0.2, 0.25) is 0 Å². The second-order valence-corrected chi connectivity index (χ2v) is 10.2. The molecule has 3 aromatic rings. The predicted molar refractivity (Wildman–Crippen MR) is 146 cm³/mol. The lowest BCUT2D eigenvalue weighted by molar-refractivity contribution is -0.140. The topological polar surface area (TPSA) is 65.4 Å². The zero-order chi connectivity index (χ0) is 25.6. The van der Waals surface area contributed by atoms with E-state index in [1.807, 2.05) is 42.5 Å². The molecule has 5 rings (SSSR count). The minimum Gasteiger partial charge on any atom is -0.496 e. The van der Waals surface area contributed by atoms with Gasteiger partial charge in [-0.25, -0.2) is 0 Å². The minimum atomic E-state index is -0.0283. The normalized spacial score (nSPS) is 19.9. The van der Waals surface area contributed by atoms with Crippen molar-refractivity contribution in [3.8, 4) is 22.9 Å². The van der Waals surface area contributed by atoms with Crippen LogP contribution in [0.25, 0.3) is 11.1 Å². The van der Waals surface area contributed by atoms with E-state index in [0.717, 1.165) is 61.0 Å². The Balaban J connectivity index is 1.40. The molecule has 1 amide bonds. The van der Waals surface area contributed by atoms with E-state index in [0.29, 0.717) is 18.0 Å². The molecule has 1 saturated heterocycles. The summed E-state index contributed by atoms with van der Waals surface area (Å²) in [5.74, 6) is 1.23. The lowest BCUT2D eigenvalue weighted by atomic mass is 9.88. The molecule has 1 N–H and O–H groups in total. The first-order chi connectivity index (χ1) is 18.2. The van der Waals surface area contributed by atoms with E-state index in [4.69, 9.17) is 4.74 Å². The number of ether oxygens (including phenoxy) is 1. The highest BCUT2D eigenvalue weighted by Crippen LogP contribution is 2.39. The fraction of sp³-hybridized carbons (Fsp3) is 0.375. The van der Waals surface area contributed by atoms with Gasteiger partial charge in [0.2, 0.25) is 5.91 Å². The van der Waals surface area contributed by atoms with E-state index in [-0.39, 0.29) is 18.1 Å². The number of amides is 1. The van der Waals surface area contributed by atoms with Crippen LogP contribution in [0, 0.1) is 17.2 Å². The Kier molecular flexibility index (Phi) is 7.87. The van der Waals surface area contributed by atoms with E-state index in [2.05, 4.69) is 46.6 Å². The summed E-state index contributed by atoms with van der Waals surface area (Å²) in [7, 11) is 1.68. The van der Waals surface area contributed by atoms with Crippen LogP contribution in [0.15, 0.2) is 72.8 Å². The standard InChI is InChI=1S/C32H35N3O2/c1-37-30-18-16-25(28-15-9-8-14-26(28)21-33)20-27(30)22-34-31-19-17-29(23-10-4-2-5-11-23)35(31)32(36)24-12-6-3-7-13-24/h2,4-5,8-11,14-16,18,20,24,29,31,34H,3,6-7,12-13,17,19,22H2,1H3. The number of nitriles is 1. The molecule has 0 bridgehead atoms. The van der Waals surface area contributed by atoms with E-state index >= 15 is 0 Å². The zero-order valence-corrected chi connectivity index (χ0v) is 21.5. The smallest absolute Gasteiger partial charge is 0.227 e. The molecule has 2 atom stereocenters. The van der Waals surface area contributed by atoms with E-state index in [9.17, 15) is 10.1 Å². The molecule has 1 aliphatic carbocycles. The Bertz CT molecular complexity index is 1260. The lowest BCUT2D eigenvalue weighted by Crippen LogP contribution is -2.48. The molecule has 190 valence electrons. The summed E-state index contributed by atoms with van der Waals surface area (Å²) >= 11 is 0. The van der Waals surface area contributed by atoms with E-state index in [1.165, 1.54) is 12.0 Å². The molecule has 2 aliphatic rings. The second kappa shape index (κ2) is 11.6. The van der Waals surface area contributed by atoms with Crippen molar-refractivity contribution >= 4 is 5.91 Å². The van der Waals surface area contributed by atoms with Gasteiger partial charge in [0.1, 0.15) is 5.75 Å². The summed E-state index contributed by atoms with van der Waals surface area (Å²) in [6, 6.07) is 26.6. The fourth-order valence-electron chi connectivity index (χ4n) is 6.03. The molecular weight excluding hydrogens is 458 g/mol. The predicted octanol–water partition coefficient (Wildman–Crippen LogP) is 6.59. The number of hydrogen-bond acceptors (Lipinski definition) is 4. The van der Waals surface area contributed by atoms with E-state index in [1.54, 1.807) is 7.11 Å². The van der Waals surface area contributed by atoms with Gasteiger partial charge in [0.15, 0.2) is 0 Å². The summed E-state index contributed by atoms with van der Waals surface area (Å²) in [6.45, 7) is 0.576. The van der Waals surface area contributed by atoms with Crippen LogP contribution in [0.3, 0.4) is 0 Å². The molecule has 3 aromatic carbocycles. The highest BCUT2D eigenvalue weighted by atomic mass is 16.5. The third-order valence-corrected chi connectivity index (χ3v) is 7.95. The number of hydrogen-bond donors (Lipinski definition) is 1. The van der Waals surface area contributed by atoms with Crippen molar-refractivity contribution in [1.82, 2.24) is 10.2 Å². The van der Waals surface area contributed by atoms with Crippen LogP contribution in [0.5, 0.6) is 5.75 Å². The second-order valence-electron chi connectivity index (χ2n) is 10.2. The van der Waals surface area contributed by atoms with Gasteiger partial charge in [0.25, 0.3) is 0 Å². The fourth-order valence-corrected chi connectivity index (χ4v) is 6.03. The zero-order valence-electron chi connectivity index (χ0n) is 21.5. The number of methoxy groups -OCH3 is 1. The number of carbonyl (C=O) groups excluding carboxylic acids is 1. The first-order valence-corrected chi connectivity index (χ1v) is 13.5. The summed E-state index contributed by atoms with van der Waals surface area (Å²) < 4.78 is 5.68. The number of benzene rings is 3. The van der Waals surface area contributed by atoms with Crippen molar-refractivity contribution in [2.24, 2.45) is 5.92 Å². The maximum atomic E-state index is 13.9. The average molecular weight is 494 g/mol. The maximum Gasteiger partial charge on any atom is 0.227 e. The lowest BCUT2D eigenvalue weighted by Gasteiger charge is -2.35. The highest BCUT2D eigenvalue weighted by molar-refractivity contribution is 5.80. The monoisotopic (exact) mass is 493 g/mol. The summed E-state index contributed by atoms with van der Waals surface area (Å²) in [5, 5.41) is 13.3. The molecule has 1 heterocycles. The van der Waals surface area contributed by atoms with Crippen LogP contribution >= 0.6 is 0 Å². The molecule has 1 saturated carbocycles. The quantitative estimate of drug-likeness (QED) is 0.403. The summed E-state index contributed by atoms with van der Waals surface area (Å²) in [6.07, 6.45) is 7.36. The van der Waals surface area contributed by atoms with Gasteiger partial charge in [0.05, 0.1) is 31.0 Å². The average Bonchev–Trinajstić information content (AvgIpc) is 3.40. The molecule has 1 aliphatic heterocycles. The number of nitrogens with zero attached hydrogens (tertiary/aromatic N) is 2. The highest BCUT2D eigenvalue weighted by Gasteiger charge is 2.40. The molecule has 0 radical (unpaired) electrons. The summed E-state index contributed by atoms with van der Waals surface area (Å²) in [5.41, 5.74) is 4.77. The third kappa shape index (κ3) is 5.40. The minimum absolute atomic E-state index is 0.0283. The molecular formula is C32H35N3O2. The molecule has 0 aromatic heterocycles. The molecule has 5 nitrogen and oxygen atoms in total. The number of nitrogens with one attached hydrogen (secondary N) is 1. The van der Waals surface area contributed by atoms with Gasteiger partial charge in [-0.2, -0.15) is 5.26 Å². The molecule has 37 heavy (non-hydrogen) atoms. The number of carbonyl (C=O) groups is 1. The van der Waals surface area contributed by atoms with Crippen molar-refractivity contribution in [2.45, 2.75) is 63.7 Å². The first kappa shape index (κ1) is 25.0. The first-order valence-electron chi connectivity index (χ1n) is 13.5. The summed E-state index contributed by atoms with van der Waals surface area (Å²) in [4.78, 5) is 16.0. The van der Waals surface area contributed by atoms with Crippen molar-refractivity contribution in [2.75, 3.05) is 7.11 Å². The molecule has 2 unspecified atom stereocenters. The third-order valence-electron chi connectivity index (χ3n) is 7.95. The Morgan fingerprint density at radius 2 is 1.73 bits per heavy atom. The van der Waals surface area contributed by atoms with Crippen LogP contribution < -0.4 is 10.1 Å². The van der Waals surface area contributed by atoms with Gasteiger partial charge in [0, 0.05) is 18.0 Å². The van der Waals surface area contributed by atoms with Crippen LogP contribution in [-0.4, -0.2) is 24.1 Å². The van der Waals surface area contributed by atoms with Gasteiger partial charge in [-0.15, -0.1) is 0 Å². The van der Waals surface area contributed by atoms with Crippen LogP contribution in [0.1, 0.15) is 67.7 Å². The van der Waals surface area contributed by atoms with Gasteiger partial charge < -0.3 is 9.64 Å². The van der Waals surface area contributed by atoms with Crippen molar-refractivity contribution in [1.29, 1.82) is 5.26 Å². The van der Waals surface area contributed by atoms with Gasteiger partial charge >= 0.3 is 0 Å². The maximum absolute atomic E-state index is 13.9. The van der Waals surface area contributed by atoms with Crippen LogP contribution in [-0.2, 0) is 11.3 Å². The SMILES string of the molecule is COc1ccc(-c2ccccc2C#N)cc1CNC1CCC(c2ccccc2)N1C(=O)C1CCCCC1. The Hall–Kier alpha value is -3.62. The number of rotatable bonds is 7. The largest absolute Gasteiger partial charge is 0.496 e. The Morgan fingerprint density at radius 1 is 0.973 bits per heavy atom. The van der Waals surface area contributed by atoms with Crippen molar-refractivity contribution in [3.63, 3.8) is 0 Å². The molecule has 2 fully saturated rings.